The van der Waals surface area contributed by atoms with Crippen LogP contribution in [-0.2, 0) is 0 Å². The van der Waals surface area contributed by atoms with Gasteiger partial charge in [0, 0.05) is 18.3 Å². The molecule has 0 saturated carbocycles. The molecule has 2 aromatic rings. The molecule has 0 saturated heterocycles. The second-order valence-electron chi connectivity index (χ2n) is 5.43. The molecule has 0 atom stereocenters. The average Bonchev–Trinajstić information content (AvgIpc) is 2.38. The summed E-state index contributed by atoms with van der Waals surface area (Å²) in [5, 5.41) is 3.26. The molecule has 2 rings (SSSR count). The SMILES string of the molecule is CCCNc1ncc(C)c(-c2c(C)cc(C)cc2C)n1. The third kappa shape index (κ3) is 2.98. The zero-order valence-electron chi connectivity index (χ0n) is 13.0. The third-order valence-corrected chi connectivity index (χ3v) is 3.42. The molecule has 3 nitrogen and oxygen atoms in total. The second kappa shape index (κ2) is 6.04. The van der Waals surface area contributed by atoms with E-state index in [2.05, 4.69) is 57.1 Å². The normalized spacial score (nSPS) is 10.7. The second-order valence-corrected chi connectivity index (χ2v) is 5.43. The molecule has 0 fully saturated rings. The number of aryl methyl sites for hydroxylation is 4. The van der Waals surface area contributed by atoms with E-state index >= 15 is 0 Å². The molecule has 0 bridgehead atoms. The topological polar surface area (TPSA) is 37.8 Å². The first-order valence-electron chi connectivity index (χ1n) is 7.18. The molecule has 0 radical (unpaired) electrons. The lowest BCUT2D eigenvalue weighted by Crippen LogP contribution is -2.06. The summed E-state index contributed by atoms with van der Waals surface area (Å²) in [6.07, 6.45) is 2.97. The van der Waals surface area contributed by atoms with Crippen LogP contribution in [-0.4, -0.2) is 16.5 Å². The van der Waals surface area contributed by atoms with Gasteiger partial charge < -0.3 is 5.32 Å². The first-order chi connectivity index (χ1) is 9.52. The Balaban J connectivity index is 2.51. The summed E-state index contributed by atoms with van der Waals surface area (Å²) in [4.78, 5) is 9.07. The summed E-state index contributed by atoms with van der Waals surface area (Å²) in [5.41, 5.74) is 7.21. The summed E-state index contributed by atoms with van der Waals surface area (Å²) in [7, 11) is 0. The molecule has 106 valence electrons. The molecule has 3 heteroatoms. The minimum atomic E-state index is 0.715. The Morgan fingerprint density at radius 1 is 1.00 bits per heavy atom. The maximum atomic E-state index is 4.71. The van der Waals surface area contributed by atoms with Gasteiger partial charge in [-0.3, -0.25) is 0 Å². The van der Waals surface area contributed by atoms with Gasteiger partial charge >= 0.3 is 0 Å². The lowest BCUT2D eigenvalue weighted by Gasteiger charge is -2.14. The van der Waals surface area contributed by atoms with Crippen molar-refractivity contribution in [3.63, 3.8) is 0 Å². The van der Waals surface area contributed by atoms with E-state index in [1.54, 1.807) is 0 Å². The van der Waals surface area contributed by atoms with Gasteiger partial charge in [-0.1, -0.05) is 24.6 Å². The van der Waals surface area contributed by atoms with Crippen LogP contribution >= 0.6 is 0 Å². The standard InChI is InChI=1S/C17H23N3/c1-6-7-18-17-19-10-14(5)16(20-17)15-12(3)8-11(2)9-13(15)4/h8-10H,6-7H2,1-5H3,(H,18,19,20). The predicted octanol–water partition coefficient (Wildman–Crippen LogP) is 4.20. The fourth-order valence-corrected chi connectivity index (χ4v) is 2.57. The molecular formula is C17H23N3. The smallest absolute Gasteiger partial charge is 0.223 e. The molecule has 0 aliphatic heterocycles. The monoisotopic (exact) mass is 269 g/mol. The van der Waals surface area contributed by atoms with Crippen molar-refractivity contribution in [1.29, 1.82) is 0 Å². The van der Waals surface area contributed by atoms with Crippen molar-refractivity contribution in [3.8, 4) is 11.3 Å². The van der Waals surface area contributed by atoms with E-state index in [0.717, 1.165) is 24.2 Å². The fraction of sp³-hybridized carbons (Fsp3) is 0.412. The van der Waals surface area contributed by atoms with Crippen molar-refractivity contribution in [2.75, 3.05) is 11.9 Å². The summed E-state index contributed by atoms with van der Waals surface area (Å²) in [5.74, 6) is 0.715. The molecule has 1 N–H and O–H groups in total. The maximum Gasteiger partial charge on any atom is 0.223 e. The van der Waals surface area contributed by atoms with Gasteiger partial charge in [-0.25, -0.2) is 9.97 Å². The quantitative estimate of drug-likeness (QED) is 0.904. The van der Waals surface area contributed by atoms with Crippen molar-refractivity contribution >= 4 is 5.95 Å². The molecule has 0 amide bonds. The van der Waals surface area contributed by atoms with E-state index in [0.29, 0.717) is 5.95 Å². The van der Waals surface area contributed by atoms with E-state index in [1.807, 2.05) is 6.20 Å². The molecule has 20 heavy (non-hydrogen) atoms. The Bertz CT molecular complexity index is 595. The molecule has 1 heterocycles. The first-order valence-corrected chi connectivity index (χ1v) is 7.18. The molecule has 0 spiro atoms. The van der Waals surface area contributed by atoms with E-state index in [1.165, 1.54) is 22.3 Å². The third-order valence-electron chi connectivity index (χ3n) is 3.42. The number of nitrogens with zero attached hydrogens (tertiary/aromatic N) is 2. The summed E-state index contributed by atoms with van der Waals surface area (Å²) in [6, 6.07) is 4.42. The van der Waals surface area contributed by atoms with Crippen LogP contribution in [0.3, 0.4) is 0 Å². The Morgan fingerprint density at radius 3 is 2.25 bits per heavy atom. The number of hydrogen-bond acceptors (Lipinski definition) is 3. The largest absolute Gasteiger partial charge is 0.354 e. The highest BCUT2D eigenvalue weighted by molar-refractivity contribution is 5.71. The van der Waals surface area contributed by atoms with E-state index in [9.17, 15) is 0 Å². The van der Waals surface area contributed by atoms with Gasteiger partial charge in [-0.05, 0) is 50.8 Å². The van der Waals surface area contributed by atoms with Crippen molar-refractivity contribution in [1.82, 2.24) is 9.97 Å². The summed E-state index contributed by atoms with van der Waals surface area (Å²) < 4.78 is 0. The molecule has 1 aromatic heterocycles. The van der Waals surface area contributed by atoms with Gasteiger partial charge in [-0.15, -0.1) is 0 Å². The van der Waals surface area contributed by atoms with Crippen molar-refractivity contribution in [2.45, 2.75) is 41.0 Å². The molecular weight excluding hydrogens is 246 g/mol. The highest BCUT2D eigenvalue weighted by atomic mass is 15.1. The number of nitrogens with one attached hydrogen (secondary N) is 1. The van der Waals surface area contributed by atoms with Crippen LogP contribution in [0.25, 0.3) is 11.3 Å². The maximum absolute atomic E-state index is 4.71. The minimum Gasteiger partial charge on any atom is -0.354 e. The Hall–Kier alpha value is -1.90. The van der Waals surface area contributed by atoms with Crippen LogP contribution in [0.5, 0.6) is 0 Å². The van der Waals surface area contributed by atoms with Crippen molar-refractivity contribution in [3.05, 3.63) is 40.6 Å². The molecule has 0 aliphatic carbocycles. The van der Waals surface area contributed by atoms with Crippen LogP contribution < -0.4 is 5.32 Å². The first kappa shape index (κ1) is 14.5. The van der Waals surface area contributed by atoms with Gasteiger partial charge in [-0.2, -0.15) is 0 Å². The zero-order valence-corrected chi connectivity index (χ0v) is 13.0. The molecule has 0 unspecified atom stereocenters. The number of aromatic nitrogens is 2. The van der Waals surface area contributed by atoms with Crippen LogP contribution in [0.15, 0.2) is 18.3 Å². The van der Waals surface area contributed by atoms with E-state index < -0.39 is 0 Å². The lowest BCUT2D eigenvalue weighted by atomic mass is 9.95. The molecule has 0 aliphatic rings. The van der Waals surface area contributed by atoms with Gasteiger partial charge in [0.25, 0.3) is 0 Å². The highest BCUT2D eigenvalue weighted by Crippen LogP contribution is 2.29. The van der Waals surface area contributed by atoms with Crippen LogP contribution in [0.4, 0.5) is 5.95 Å². The minimum absolute atomic E-state index is 0.715. The zero-order chi connectivity index (χ0) is 14.7. The van der Waals surface area contributed by atoms with Crippen molar-refractivity contribution in [2.24, 2.45) is 0 Å². The van der Waals surface area contributed by atoms with Gasteiger partial charge in [0.15, 0.2) is 0 Å². The molecule has 1 aromatic carbocycles. The van der Waals surface area contributed by atoms with Crippen LogP contribution in [0, 0.1) is 27.7 Å². The van der Waals surface area contributed by atoms with Gasteiger partial charge in [0.2, 0.25) is 5.95 Å². The Morgan fingerprint density at radius 2 is 1.65 bits per heavy atom. The lowest BCUT2D eigenvalue weighted by molar-refractivity contribution is 0.950. The van der Waals surface area contributed by atoms with Crippen molar-refractivity contribution < 1.29 is 0 Å². The van der Waals surface area contributed by atoms with Crippen LogP contribution in [0.1, 0.15) is 35.6 Å². The Labute approximate surface area is 121 Å². The highest BCUT2D eigenvalue weighted by Gasteiger charge is 2.12. The van der Waals surface area contributed by atoms with Gasteiger partial charge in [0.1, 0.15) is 0 Å². The summed E-state index contributed by atoms with van der Waals surface area (Å²) in [6.45, 7) is 11.5. The number of benzene rings is 1. The summed E-state index contributed by atoms with van der Waals surface area (Å²) >= 11 is 0. The number of hydrogen-bond donors (Lipinski definition) is 1. The average molecular weight is 269 g/mol. The predicted molar refractivity (Wildman–Crippen MR) is 85.2 cm³/mol. The number of anilines is 1. The van der Waals surface area contributed by atoms with E-state index in [-0.39, 0.29) is 0 Å². The fourth-order valence-electron chi connectivity index (χ4n) is 2.57. The van der Waals surface area contributed by atoms with Crippen LogP contribution in [0.2, 0.25) is 0 Å². The Kier molecular flexibility index (Phi) is 4.38. The van der Waals surface area contributed by atoms with Gasteiger partial charge in [0.05, 0.1) is 5.69 Å². The van der Waals surface area contributed by atoms with E-state index in [4.69, 9.17) is 4.98 Å². The number of rotatable bonds is 4.